The highest BCUT2D eigenvalue weighted by Crippen LogP contribution is 2.23. The quantitative estimate of drug-likeness (QED) is 0.432. The summed E-state index contributed by atoms with van der Waals surface area (Å²) in [6.07, 6.45) is 4.65. The SMILES string of the molecule is C1=CC2ONCC12. The van der Waals surface area contributed by atoms with Crippen LogP contribution in [0.2, 0.25) is 0 Å². The van der Waals surface area contributed by atoms with Crippen LogP contribution in [0.15, 0.2) is 12.2 Å². The van der Waals surface area contributed by atoms with Gasteiger partial charge in [0.2, 0.25) is 0 Å². The summed E-state index contributed by atoms with van der Waals surface area (Å²) >= 11 is 0. The van der Waals surface area contributed by atoms with E-state index in [1.54, 1.807) is 0 Å². The zero-order valence-electron chi connectivity index (χ0n) is 3.92. The van der Waals surface area contributed by atoms with E-state index >= 15 is 0 Å². The Bertz CT molecular complexity index is 98.6. The topological polar surface area (TPSA) is 21.3 Å². The first-order valence-corrected chi connectivity index (χ1v) is 2.53. The number of rotatable bonds is 0. The van der Waals surface area contributed by atoms with E-state index < -0.39 is 0 Å². The van der Waals surface area contributed by atoms with Gasteiger partial charge in [0.05, 0.1) is 0 Å². The Hall–Kier alpha value is -0.340. The second-order valence-electron chi connectivity index (χ2n) is 1.98. The zero-order chi connectivity index (χ0) is 4.69. The van der Waals surface area contributed by atoms with Gasteiger partial charge in [-0.1, -0.05) is 12.2 Å². The molecule has 2 unspecified atom stereocenters. The average Bonchev–Trinajstić information content (AvgIpc) is 1.85. The van der Waals surface area contributed by atoms with Gasteiger partial charge in [-0.15, -0.1) is 0 Å². The van der Waals surface area contributed by atoms with Crippen LogP contribution >= 0.6 is 0 Å². The van der Waals surface area contributed by atoms with E-state index in [4.69, 9.17) is 4.84 Å². The fourth-order valence-corrected chi connectivity index (χ4v) is 0.910. The molecule has 38 valence electrons. The molecule has 2 atom stereocenters. The number of fused-ring (bicyclic) bond motifs is 1. The van der Waals surface area contributed by atoms with Crippen molar-refractivity contribution in [1.29, 1.82) is 0 Å². The van der Waals surface area contributed by atoms with Crippen LogP contribution in [0.4, 0.5) is 0 Å². The second kappa shape index (κ2) is 1.08. The summed E-state index contributed by atoms with van der Waals surface area (Å²) in [5.41, 5.74) is 2.82. The van der Waals surface area contributed by atoms with E-state index in [2.05, 4.69) is 17.6 Å². The van der Waals surface area contributed by atoms with Crippen molar-refractivity contribution in [3.63, 3.8) is 0 Å². The average molecular weight is 97.1 g/mol. The van der Waals surface area contributed by atoms with E-state index in [1.807, 2.05) is 0 Å². The van der Waals surface area contributed by atoms with Crippen molar-refractivity contribution in [2.24, 2.45) is 5.92 Å². The molecule has 2 aliphatic rings. The normalized spacial score (nSPS) is 45.7. The first kappa shape index (κ1) is 3.64. The molecule has 1 heterocycles. The molecule has 0 radical (unpaired) electrons. The summed E-state index contributed by atoms with van der Waals surface area (Å²) in [4.78, 5) is 5.02. The standard InChI is InChI=1S/C5H7NO/c1-2-5-4(1)3-6-7-5/h1-2,4-6H,3H2. The van der Waals surface area contributed by atoms with Crippen LogP contribution in [0.25, 0.3) is 0 Å². The highest BCUT2D eigenvalue weighted by Gasteiger charge is 2.29. The molecular formula is C5H7NO. The molecule has 0 amide bonds. The van der Waals surface area contributed by atoms with Gasteiger partial charge in [-0.25, -0.2) is 5.48 Å². The molecule has 1 fully saturated rings. The third kappa shape index (κ3) is 0.353. The Balaban J connectivity index is 2.17. The van der Waals surface area contributed by atoms with Gasteiger partial charge in [0, 0.05) is 12.5 Å². The number of hydrogen-bond acceptors (Lipinski definition) is 2. The van der Waals surface area contributed by atoms with Gasteiger partial charge in [0.1, 0.15) is 6.10 Å². The molecule has 0 aromatic heterocycles. The molecule has 1 N–H and O–H groups in total. The van der Waals surface area contributed by atoms with Gasteiger partial charge >= 0.3 is 0 Å². The van der Waals surface area contributed by atoms with Crippen LogP contribution in [0.3, 0.4) is 0 Å². The zero-order valence-corrected chi connectivity index (χ0v) is 3.92. The Labute approximate surface area is 42.1 Å². The van der Waals surface area contributed by atoms with Crippen molar-refractivity contribution < 1.29 is 4.84 Å². The van der Waals surface area contributed by atoms with Crippen LogP contribution in [0.5, 0.6) is 0 Å². The molecular weight excluding hydrogens is 90.1 g/mol. The third-order valence-electron chi connectivity index (χ3n) is 1.51. The Morgan fingerprint density at radius 3 is 2.86 bits per heavy atom. The summed E-state index contributed by atoms with van der Waals surface area (Å²) in [5, 5.41) is 0. The van der Waals surface area contributed by atoms with Crippen LogP contribution in [0.1, 0.15) is 0 Å². The van der Waals surface area contributed by atoms with Crippen molar-refractivity contribution in [3.8, 4) is 0 Å². The van der Waals surface area contributed by atoms with E-state index in [-0.39, 0.29) is 0 Å². The lowest BCUT2D eigenvalue weighted by atomic mass is 9.93. The van der Waals surface area contributed by atoms with Crippen molar-refractivity contribution in [2.75, 3.05) is 6.54 Å². The lowest BCUT2D eigenvalue weighted by Crippen LogP contribution is -2.20. The van der Waals surface area contributed by atoms with Crippen molar-refractivity contribution >= 4 is 0 Å². The van der Waals surface area contributed by atoms with Crippen molar-refractivity contribution in [3.05, 3.63) is 12.2 Å². The first-order valence-electron chi connectivity index (χ1n) is 2.53. The maximum absolute atomic E-state index is 5.02. The van der Waals surface area contributed by atoms with E-state index in [0.717, 1.165) is 6.54 Å². The third-order valence-corrected chi connectivity index (χ3v) is 1.51. The molecule has 1 saturated heterocycles. The highest BCUT2D eigenvalue weighted by atomic mass is 16.7. The van der Waals surface area contributed by atoms with Crippen LogP contribution < -0.4 is 5.48 Å². The predicted octanol–water partition coefficient (Wildman–Crippen LogP) is 0.0758. The second-order valence-corrected chi connectivity index (χ2v) is 1.98. The van der Waals surface area contributed by atoms with Gasteiger partial charge in [-0.05, 0) is 0 Å². The molecule has 0 spiro atoms. The monoisotopic (exact) mass is 97.1 g/mol. The summed E-state index contributed by atoms with van der Waals surface area (Å²) in [7, 11) is 0. The number of nitrogens with one attached hydrogen (secondary N) is 1. The van der Waals surface area contributed by atoms with Gasteiger partial charge in [0.25, 0.3) is 0 Å². The number of hydrogen-bond donors (Lipinski definition) is 1. The van der Waals surface area contributed by atoms with Gasteiger partial charge in [-0.3, -0.25) is 4.84 Å². The number of hydroxylamine groups is 1. The molecule has 2 heteroatoms. The molecule has 2 nitrogen and oxygen atoms in total. The molecule has 0 aromatic rings. The predicted molar refractivity (Wildman–Crippen MR) is 25.5 cm³/mol. The first-order chi connectivity index (χ1) is 3.47. The summed E-state index contributed by atoms with van der Waals surface area (Å²) in [6.45, 7) is 1.00. The maximum Gasteiger partial charge on any atom is 0.105 e. The van der Waals surface area contributed by atoms with E-state index in [9.17, 15) is 0 Å². The Kier molecular flexibility index (Phi) is 0.562. The highest BCUT2D eigenvalue weighted by molar-refractivity contribution is 5.13. The van der Waals surface area contributed by atoms with Crippen LogP contribution in [-0.2, 0) is 4.84 Å². The Morgan fingerprint density at radius 2 is 2.57 bits per heavy atom. The lowest BCUT2D eigenvalue weighted by molar-refractivity contribution is 0.0487. The van der Waals surface area contributed by atoms with Gasteiger partial charge in [-0.2, -0.15) is 0 Å². The molecule has 1 aliphatic carbocycles. The van der Waals surface area contributed by atoms with Crippen molar-refractivity contribution in [2.45, 2.75) is 6.10 Å². The van der Waals surface area contributed by atoms with Gasteiger partial charge < -0.3 is 0 Å². The molecule has 0 saturated carbocycles. The summed E-state index contributed by atoms with van der Waals surface area (Å²) in [6, 6.07) is 0. The fraction of sp³-hybridized carbons (Fsp3) is 0.600. The molecule has 0 bridgehead atoms. The minimum Gasteiger partial charge on any atom is -0.294 e. The largest absolute Gasteiger partial charge is 0.294 e. The lowest BCUT2D eigenvalue weighted by Gasteiger charge is -2.16. The molecule has 7 heavy (non-hydrogen) atoms. The molecule has 0 aromatic carbocycles. The maximum atomic E-state index is 5.02. The fourth-order valence-electron chi connectivity index (χ4n) is 0.910. The molecule has 1 aliphatic heterocycles. The van der Waals surface area contributed by atoms with Crippen LogP contribution in [0, 0.1) is 5.92 Å². The van der Waals surface area contributed by atoms with E-state index in [1.165, 1.54) is 0 Å². The summed E-state index contributed by atoms with van der Waals surface area (Å²) < 4.78 is 0. The van der Waals surface area contributed by atoms with E-state index in [0.29, 0.717) is 12.0 Å². The minimum absolute atomic E-state index is 0.403. The van der Waals surface area contributed by atoms with Crippen LogP contribution in [-0.4, -0.2) is 12.6 Å². The molecule has 2 rings (SSSR count). The Morgan fingerprint density at radius 1 is 1.57 bits per heavy atom. The smallest absolute Gasteiger partial charge is 0.105 e. The summed E-state index contributed by atoms with van der Waals surface area (Å²) in [5.74, 6) is 0.681. The van der Waals surface area contributed by atoms with Crippen molar-refractivity contribution in [1.82, 2.24) is 5.48 Å². The minimum atomic E-state index is 0.403. The van der Waals surface area contributed by atoms with Gasteiger partial charge in [0.15, 0.2) is 0 Å².